The predicted molar refractivity (Wildman–Crippen MR) is 74.0 cm³/mol. The Morgan fingerprint density at radius 1 is 1.24 bits per heavy atom. The lowest BCUT2D eigenvalue weighted by Crippen LogP contribution is -2.48. The summed E-state index contributed by atoms with van der Waals surface area (Å²) in [6.07, 6.45) is 3.31. The maximum absolute atomic E-state index is 12.1. The topological polar surface area (TPSA) is 82.9 Å². The van der Waals surface area contributed by atoms with Crippen molar-refractivity contribution in [1.29, 1.82) is 0 Å². The third-order valence-electron chi connectivity index (χ3n) is 3.22. The van der Waals surface area contributed by atoms with Crippen LogP contribution in [-0.4, -0.2) is 47.4 Å². The second kappa shape index (κ2) is 6.92. The van der Waals surface area contributed by atoms with Crippen LogP contribution in [0.3, 0.4) is 0 Å². The van der Waals surface area contributed by atoms with E-state index in [1.165, 1.54) is 22.3 Å². The fraction of sp³-hybridized carbons (Fsp3) is 0.500. The van der Waals surface area contributed by atoms with Gasteiger partial charge in [0.1, 0.15) is 0 Å². The molecule has 0 atom stereocenters. The number of hydrogen-bond acceptors (Lipinski definition) is 4. The van der Waals surface area contributed by atoms with Gasteiger partial charge in [-0.2, -0.15) is 0 Å². The Kier molecular flexibility index (Phi) is 4.97. The third-order valence-corrected chi connectivity index (χ3v) is 3.22. The Bertz CT molecular complexity index is 512. The van der Waals surface area contributed by atoms with Crippen molar-refractivity contribution in [3.8, 4) is 0 Å². The summed E-state index contributed by atoms with van der Waals surface area (Å²) in [7, 11) is 0. The van der Waals surface area contributed by atoms with E-state index in [1.807, 2.05) is 6.92 Å². The molecule has 1 aliphatic rings. The first-order valence-electron chi connectivity index (χ1n) is 7.05. The SMILES string of the molecule is CCCC(=O)N1CCCN1C(=O)CNC(=O)c1ccco1. The molecule has 0 aromatic carbocycles. The van der Waals surface area contributed by atoms with E-state index in [0.717, 1.165) is 12.8 Å². The van der Waals surface area contributed by atoms with E-state index in [0.29, 0.717) is 19.5 Å². The van der Waals surface area contributed by atoms with E-state index in [2.05, 4.69) is 5.32 Å². The molecular weight excluding hydrogens is 274 g/mol. The molecule has 1 N–H and O–H groups in total. The van der Waals surface area contributed by atoms with E-state index in [-0.39, 0.29) is 24.1 Å². The van der Waals surface area contributed by atoms with Gasteiger partial charge in [0.15, 0.2) is 5.76 Å². The molecule has 3 amide bonds. The smallest absolute Gasteiger partial charge is 0.287 e. The van der Waals surface area contributed by atoms with Gasteiger partial charge in [-0.3, -0.25) is 19.4 Å². The first kappa shape index (κ1) is 15.1. The zero-order valence-corrected chi connectivity index (χ0v) is 12.0. The van der Waals surface area contributed by atoms with Crippen molar-refractivity contribution in [2.45, 2.75) is 26.2 Å². The number of nitrogens with one attached hydrogen (secondary N) is 1. The normalized spacial score (nSPS) is 14.3. The number of hydrogen-bond donors (Lipinski definition) is 1. The fourth-order valence-corrected chi connectivity index (χ4v) is 2.22. The van der Waals surface area contributed by atoms with Crippen LogP contribution >= 0.6 is 0 Å². The first-order chi connectivity index (χ1) is 10.1. The van der Waals surface area contributed by atoms with Crippen LogP contribution in [-0.2, 0) is 9.59 Å². The zero-order chi connectivity index (χ0) is 15.2. The molecule has 0 saturated carbocycles. The molecule has 1 aromatic rings. The zero-order valence-electron chi connectivity index (χ0n) is 12.0. The van der Waals surface area contributed by atoms with Gasteiger partial charge in [0.05, 0.1) is 12.8 Å². The van der Waals surface area contributed by atoms with Gasteiger partial charge >= 0.3 is 0 Å². The van der Waals surface area contributed by atoms with Crippen LogP contribution in [0, 0.1) is 0 Å². The van der Waals surface area contributed by atoms with Crippen LogP contribution in [0.2, 0.25) is 0 Å². The number of nitrogens with zero attached hydrogens (tertiary/aromatic N) is 2. The van der Waals surface area contributed by atoms with Crippen molar-refractivity contribution in [3.05, 3.63) is 24.2 Å². The lowest BCUT2D eigenvalue weighted by molar-refractivity contribution is -0.157. The molecule has 0 spiro atoms. The minimum atomic E-state index is -0.445. The summed E-state index contributed by atoms with van der Waals surface area (Å²) in [5.41, 5.74) is 0. The molecule has 2 heterocycles. The largest absolute Gasteiger partial charge is 0.459 e. The van der Waals surface area contributed by atoms with Crippen molar-refractivity contribution >= 4 is 17.7 Å². The second-order valence-corrected chi connectivity index (χ2v) is 4.80. The monoisotopic (exact) mass is 293 g/mol. The highest BCUT2D eigenvalue weighted by atomic mass is 16.3. The van der Waals surface area contributed by atoms with E-state index < -0.39 is 5.91 Å². The molecule has 0 unspecified atom stereocenters. The molecule has 1 saturated heterocycles. The highest BCUT2D eigenvalue weighted by Gasteiger charge is 2.30. The molecule has 7 nitrogen and oxygen atoms in total. The van der Waals surface area contributed by atoms with Crippen LogP contribution in [0.25, 0.3) is 0 Å². The van der Waals surface area contributed by atoms with Crippen LogP contribution in [0.5, 0.6) is 0 Å². The van der Waals surface area contributed by atoms with Crippen LogP contribution < -0.4 is 5.32 Å². The van der Waals surface area contributed by atoms with Crippen LogP contribution in [0.1, 0.15) is 36.7 Å². The highest BCUT2D eigenvalue weighted by molar-refractivity contribution is 5.94. The summed E-state index contributed by atoms with van der Waals surface area (Å²) in [5, 5.41) is 5.39. The van der Waals surface area contributed by atoms with Crippen molar-refractivity contribution in [2.24, 2.45) is 0 Å². The fourth-order valence-electron chi connectivity index (χ4n) is 2.22. The van der Waals surface area contributed by atoms with Crippen LogP contribution in [0.4, 0.5) is 0 Å². The number of carbonyl (C=O) groups excluding carboxylic acids is 3. The lowest BCUT2D eigenvalue weighted by Gasteiger charge is -2.27. The Morgan fingerprint density at radius 3 is 2.57 bits per heavy atom. The Labute approximate surface area is 122 Å². The number of carbonyl (C=O) groups is 3. The molecule has 1 aromatic heterocycles. The van der Waals surface area contributed by atoms with Crippen molar-refractivity contribution in [3.63, 3.8) is 0 Å². The van der Waals surface area contributed by atoms with Gasteiger partial charge in [-0.1, -0.05) is 6.92 Å². The summed E-state index contributed by atoms with van der Waals surface area (Å²) < 4.78 is 4.94. The Hall–Kier alpha value is -2.31. The van der Waals surface area contributed by atoms with E-state index >= 15 is 0 Å². The molecule has 7 heteroatoms. The number of rotatable bonds is 5. The molecule has 2 rings (SSSR count). The molecule has 21 heavy (non-hydrogen) atoms. The minimum Gasteiger partial charge on any atom is -0.459 e. The van der Waals surface area contributed by atoms with Gasteiger partial charge in [0.2, 0.25) is 5.91 Å². The van der Waals surface area contributed by atoms with Gasteiger partial charge in [-0.15, -0.1) is 0 Å². The molecular formula is C14H19N3O4. The Morgan fingerprint density at radius 2 is 1.95 bits per heavy atom. The summed E-state index contributed by atoms with van der Waals surface area (Å²) >= 11 is 0. The van der Waals surface area contributed by atoms with Gasteiger partial charge in [0.25, 0.3) is 11.8 Å². The first-order valence-corrected chi connectivity index (χ1v) is 7.05. The molecule has 0 aliphatic carbocycles. The van der Waals surface area contributed by atoms with Crippen LogP contribution in [0.15, 0.2) is 22.8 Å². The summed E-state index contributed by atoms with van der Waals surface area (Å²) in [6, 6.07) is 3.12. The summed E-state index contributed by atoms with van der Waals surface area (Å²) in [6.45, 7) is 2.82. The maximum Gasteiger partial charge on any atom is 0.287 e. The van der Waals surface area contributed by atoms with Crippen molar-refractivity contribution < 1.29 is 18.8 Å². The maximum atomic E-state index is 12.1. The molecule has 0 bridgehead atoms. The second-order valence-electron chi connectivity index (χ2n) is 4.80. The predicted octanol–water partition coefficient (Wildman–Crippen LogP) is 0.785. The molecule has 114 valence electrons. The van der Waals surface area contributed by atoms with Gasteiger partial charge in [-0.05, 0) is 25.0 Å². The molecule has 0 radical (unpaired) electrons. The van der Waals surface area contributed by atoms with Crippen molar-refractivity contribution in [1.82, 2.24) is 15.3 Å². The van der Waals surface area contributed by atoms with Gasteiger partial charge in [0, 0.05) is 19.5 Å². The highest BCUT2D eigenvalue weighted by Crippen LogP contribution is 2.13. The number of amides is 3. The average molecular weight is 293 g/mol. The van der Waals surface area contributed by atoms with E-state index in [1.54, 1.807) is 6.07 Å². The van der Waals surface area contributed by atoms with E-state index in [9.17, 15) is 14.4 Å². The van der Waals surface area contributed by atoms with Gasteiger partial charge in [-0.25, -0.2) is 5.01 Å². The standard InChI is InChI=1S/C14H19N3O4/c1-2-5-12(18)16-7-4-8-17(16)13(19)10-15-14(20)11-6-3-9-21-11/h3,6,9H,2,4-5,7-8,10H2,1H3,(H,15,20). The molecule has 1 fully saturated rings. The lowest BCUT2D eigenvalue weighted by atomic mass is 10.3. The van der Waals surface area contributed by atoms with Crippen molar-refractivity contribution in [2.75, 3.05) is 19.6 Å². The minimum absolute atomic E-state index is 0.0549. The average Bonchev–Trinajstić information content (AvgIpc) is 3.14. The third kappa shape index (κ3) is 3.62. The van der Waals surface area contributed by atoms with E-state index in [4.69, 9.17) is 4.42 Å². The number of furan rings is 1. The summed E-state index contributed by atoms with van der Waals surface area (Å²) in [4.78, 5) is 35.7. The quantitative estimate of drug-likeness (QED) is 0.870. The number of hydrazine groups is 1. The van der Waals surface area contributed by atoms with Gasteiger partial charge < -0.3 is 9.73 Å². The Balaban J connectivity index is 1.87. The molecule has 1 aliphatic heterocycles. The summed E-state index contributed by atoms with van der Waals surface area (Å²) in [5.74, 6) is -0.639.